The largest absolute Gasteiger partial charge is 0.193 e. The van der Waals surface area contributed by atoms with E-state index in [1.807, 2.05) is 0 Å². The van der Waals surface area contributed by atoms with Gasteiger partial charge in [-0.1, -0.05) is 11.6 Å². The summed E-state index contributed by atoms with van der Waals surface area (Å²) in [6.07, 6.45) is 0. The van der Waals surface area contributed by atoms with Gasteiger partial charge in [0.05, 0.1) is 17.5 Å². The number of allylic oxidation sites excluding steroid dienone is 1. The van der Waals surface area contributed by atoms with Crippen molar-refractivity contribution in [2.24, 2.45) is 0 Å². The molecule has 0 aromatic rings. The molecule has 0 N–H and O–H groups in total. The Balaban J connectivity index is 3.68. The molecule has 0 aliphatic rings. The predicted octanol–water partition coefficient (Wildman–Crippen LogP) is 1.87. The van der Waals surface area contributed by atoms with E-state index in [2.05, 4.69) is 0 Å². The molecule has 0 fully saturated rings. The molecule has 1 nitrogen and oxygen atoms in total. The molecule has 0 rings (SSSR count). The molecule has 0 atom stereocenters. The number of hydrogen-bond donors (Lipinski definition) is 0. The summed E-state index contributed by atoms with van der Waals surface area (Å²) in [4.78, 5) is 0. The molecular formula is C4H3Cl2N. The lowest BCUT2D eigenvalue weighted by Crippen LogP contribution is -1.73. The van der Waals surface area contributed by atoms with Gasteiger partial charge in [-0.25, -0.2) is 0 Å². The fraction of sp³-hybridized carbons (Fsp3) is 0.250. The van der Waals surface area contributed by atoms with Crippen LogP contribution in [0.15, 0.2) is 11.1 Å². The summed E-state index contributed by atoms with van der Waals surface area (Å²) in [7, 11) is 0. The Morgan fingerprint density at radius 3 is 2.43 bits per heavy atom. The van der Waals surface area contributed by atoms with E-state index in [9.17, 15) is 0 Å². The fourth-order valence-corrected chi connectivity index (χ4v) is 0.425. The molecular weight excluding hydrogens is 133 g/mol. The summed E-state index contributed by atoms with van der Waals surface area (Å²) in [6.45, 7) is 0. The summed E-state index contributed by atoms with van der Waals surface area (Å²) in [5.74, 6) is 0.194. The van der Waals surface area contributed by atoms with Crippen molar-refractivity contribution in [2.45, 2.75) is 0 Å². The van der Waals surface area contributed by atoms with E-state index in [-0.39, 0.29) is 5.88 Å². The van der Waals surface area contributed by atoms with Gasteiger partial charge in [-0.05, 0) is 0 Å². The third kappa shape index (κ3) is 2.50. The highest BCUT2D eigenvalue weighted by molar-refractivity contribution is 6.27. The van der Waals surface area contributed by atoms with E-state index in [0.717, 1.165) is 0 Å². The molecule has 0 radical (unpaired) electrons. The van der Waals surface area contributed by atoms with Crippen LogP contribution < -0.4 is 0 Å². The SMILES string of the molecule is N#CC(=CCl)CCl. The number of nitriles is 1. The van der Waals surface area contributed by atoms with Crippen molar-refractivity contribution >= 4 is 23.2 Å². The molecule has 0 heterocycles. The molecule has 0 aromatic carbocycles. The zero-order chi connectivity index (χ0) is 5.70. The van der Waals surface area contributed by atoms with Gasteiger partial charge in [0.25, 0.3) is 0 Å². The Labute approximate surface area is 52.1 Å². The Morgan fingerprint density at radius 1 is 1.86 bits per heavy atom. The molecule has 0 amide bonds. The first-order valence-corrected chi connectivity index (χ1v) is 2.57. The zero-order valence-corrected chi connectivity index (χ0v) is 5.00. The topological polar surface area (TPSA) is 23.8 Å². The second-order valence-corrected chi connectivity index (χ2v) is 1.37. The van der Waals surface area contributed by atoms with Gasteiger partial charge < -0.3 is 0 Å². The molecule has 0 aliphatic heterocycles. The van der Waals surface area contributed by atoms with Gasteiger partial charge in [0.2, 0.25) is 0 Å². The van der Waals surface area contributed by atoms with Gasteiger partial charge in [0, 0.05) is 5.54 Å². The predicted molar refractivity (Wildman–Crippen MR) is 30.3 cm³/mol. The van der Waals surface area contributed by atoms with Crippen LogP contribution >= 0.6 is 23.2 Å². The average molecular weight is 136 g/mol. The van der Waals surface area contributed by atoms with Crippen LogP contribution in [0.2, 0.25) is 0 Å². The van der Waals surface area contributed by atoms with Crippen LogP contribution in [-0.2, 0) is 0 Å². The minimum absolute atomic E-state index is 0.194. The minimum Gasteiger partial charge on any atom is -0.193 e. The maximum atomic E-state index is 8.04. The highest BCUT2D eigenvalue weighted by Crippen LogP contribution is 1.95. The monoisotopic (exact) mass is 135 g/mol. The number of alkyl halides is 1. The van der Waals surface area contributed by atoms with E-state index in [1.165, 1.54) is 5.54 Å². The normalized spacial score (nSPS) is 10.7. The van der Waals surface area contributed by atoms with Gasteiger partial charge in [-0.3, -0.25) is 0 Å². The molecule has 0 saturated carbocycles. The van der Waals surface area contributed by atoms with Crippen molar-refractivity contribution in [1.82, 2.24) is 0 Å². The third-order valence-electron chi connectivity index (χ3n) is 0.419. The molecule has 0 spiro atoms. The van der Waals surface area contributed by atoms with Crippen molar-refractivity contribution in [2.75, 3.05) is 5.88 Å². The van der Waals surface area contributed by atoms with Crippen molar-refractivity contribution in [3.05, 3.63) is 11.1 Å². The van der Waals surface area contributed by atoms with Crippen molar-refractivity contribution < 1.29 is 0 Å². The molecule has 0 unspecified atom stereocenters. The first-order valence-electron chi connectivity index (χ1n) is 1.60. The van der Waals surface area contributed by atoms with Crippen LogP contribution in [-0.4, -0.2) is 5.88 Å². The Morgan fingerprint density at radius 2 is 2.43 bits per heavy atom. The molecule has 0 saturated heterocycles. The number of nitrogens with zero attached hydrogens (tertiary/aromatic N) is 1. The average Bonchev–Trinajstić information content (AvgIpc) is 1.72. The van der Waals surface area contributed by atoms with Crippen LogP contribution in [0, 0.1) is 11.3 Å². The summed E-state index contributed by atoms with van der Waals surface area (Å²) in [5.41, 5.74) is 1.57. The summed E-state index contributed by atoms with van der Waals surface area (Å²) < 4.78 is 0. The van der Waals surface area contributed by atoms with Crippen LogP contribution in [0.4, 0.5) is 0 Å². The summed E-state index contributed by atoms with van der Waals surface area (Å²) in [5, 5.41) is 8.04. The molecule has 7 heavy (non-hydrogen) atoms. The van der Waals surface area contributed by atoms with E-state index in [1.54, 1.807) is 6.07 Å². The summed E-state index contributed by atoms with van der Waals surface area (Å²) in [6, 6.07) is 1.80. The standard InChI is InChI=1S/C4H3Cl2N/c5-1-4(2-6)3-7/h1H,2H2. The van der Waals surface area contributed by atoms with Crippen LogP contribution in [0.1, 0.15) is 0 Å². The van der Waals surface area contributed by atoms with E-state index < -0.39 is 0 Å². The second kappa shape index (κ2) is 3.98. The van der Waals surface area contributed by atoms with Gasteiger partial charge in [0.15, 0.2) is 0 Å². The van der Waals surface area contributed by atoms with Gasteiger partial charge in [-0.2, -0.15) is 5.26 Å². The van der Waals surface area contributed by atoms with Crippen molar-refractivity contribution in [3.8, 4) is 6.07 Å². The Kier molecular flexibility index (Phi) is 3.87. The lowest BCUT2D eigenvalue weighted by Gasteiger charge is -1.77. The van der Waals surface area contributed by atoms with Crippen molar-refractivity contribution in [1.29, 1.82) is 5.26 Å². The molecule has 0 aliphatic carbocycles. The zero-order valence-electron chi connectivity index (χ0n) is 3.49. The highest BCUT2D eigenvalue weighted by atomic mass is 35.5. The lowest BCUT2D eigenvalue weighted by molar-refractivity contribution is 1.46. The Bertz CT molecular complexity index is 111. The first-order chi connectivity index (χ1) is 3.35. The maximum absolute atomic E-state index is 8.04. The lowest BCUT2D eigenvalue weighted by atomic mass is 10.4. The van der Waals surface area contributed by atoms with Crippen molar-refractivity contribution in [3.63, 3.8) is 0 Å². The van der Waals surface area contributed by atoms with Crippen LogP contribution in [0.5, 0.6) is 0 Å². The van der Waals surface area contributed by atoms with E-state index >= 15 is 0 Å². The second-order valence-electron chi connectivity index (χ2n) is 0.880. The number of halogens is 2. The minimum atomic E-state index is 0.194. The number of rotatable bonds is 1. The van der Waals surface area contributed by atoms with Gasteiger partial charge >= 0.3 is 0 Å². The molecule has 0 aromatic heterocycles. The molecule has 3 heteroatoms. The van der Waals surface area contributed by atoms with E-state index in [0.29, 0.717) is 5.57 Å². The van der Waals surface area contributed by atoms with Crippen LogP contribution in [0.25, 0.3) is 0 Å². The summed E-state index contributed by atoms with van der Waals surface area (Å²) >= 11 is 10.3. The van der Waals surface area contributed by atoms with Crippen LogP contribution in [0.3, 0.4) is 0 Å². The fourth-order valence-electron chi connectivity index (χ4n) is 0.0834. The van der Waals surface area contributed by atoms with E-state index in [4.69, 9.17) is 28.5 Å². The van der Waals surface area contributed by atoms with Gasteiger partial charge in [0.1, 0.15) is 0 Å². The first kappa shape index (κ1) is 6.81. The smallest absolute Gasteiger partial charge is 0.0969 e. The quantitative estimate of drug-likeness (QED) is 0.398. The molecule has 38 valence electrons. The Hall–Kier alpha value is -0.190. The third-order valence-corrected chi connectivity index (χ3v) is 0.971. The van der Waals surface area contributed by atoms with Gasteiger partial charge in [-0.15, -0.1) is 11.6 Å². The molecule has 0 bridgehead atoms. The maximum Gasteiger partial charge on any atom is 0.0969 e. The number of hydrogen-bond acceptors (Lipinski definition) is 1. The highest BCUT2D eigenvalue weighted by Gasteiger charge is 1.85.